The van der Waals surface area contributed by atoms with Gasteiger partial charge in [0.05, 0.1) is 24.4 Å². The van der Waals surface area contributed by atoms with E-state index >= 15 is 0 Å². The molecule has 2 atom stereocenters. The van der Waals surface area contributed by atoms with Crippen LogP contribution in [-0.4, -0.2) is 61.2 Å². The Hall–Kier alpha value is -2.23. The van der Waals surface area contributed by atoms with Gasteiger partial charge in [-0.2, -0.15) is 4.31 Å². The Labute approximate surface area is 163 Å². The Balaban J connectivity index is 1.56. The summed E-state index contributed by atoms with van der Waals surface area (Å²) in [6.07, 6.45) is -0.424. The molecule has 2 N–H and O–H groups in total. The lowest BCUT2D eigenvalue weighted by Crippen LogP contribution is -2.49. The number of fused-ring (bicyclic) bond motifs is 1. The van der Waals surface area contributed by atoms with E-state index in [4.69, 9.17) is 4.74 Å². The van der Waals surface area contributed by atoms with Gasteiger partial charge in [0, 0.05) is 30.7 Å². The van der Waals surface area contributed by atoms with Crippen LogP contribution in [0.5, 0.6) is 0 Å². The van der Waals surface area contributed by atoms with E-state index in [1.54, 1.807) is 12.1 Å². The quantitative estimate of drug-likeness (QED) is 0.730. The van der Waals surface area contributed by atoms with Crippen LogP contribution >= 0.6 is 0 Å². The summed E-state index contributed by atoms with van der Waals surface area (Å²) in [5, 5.41) is 3.43. The van der Waals surface area contributed by atoms with Crippen LogP contribution in [0.2, 0.25) is 0 Å². The summed E-state index contributed by atoms with van der Waals surface area (Å²) in [6.45, 7) is 4.29. The summed E-state index contributed by atoms with van der Waals surface area (Å²) in [5.41, 5.74) is 0.726. The van der Waals surface area contributed by atoms with E-state index in [0.717, 1.165) is 5.39 Å². The number of pyridine rings is 1. The number of aromatic nitrogens is 1. The van der Waals surface area contributed by atoms with Crippen LogP contribution in [0, 0.1) is 0 Å². The van der Waals surface area contributed by atoms with Gasteiger partial charge < -0.3 is 15.0 Å². The second-order valence-electron chi connectivity index (χ2n) is 7.13. The maximum absolute atomic E-state index is 12.5. The number of aromatic amines is 1. The molecule has 1 aromatic carbocycles. The first-order valence-electron chi connectivity index (χ1n) is 9.25. The normalized spacial score (nSPS) is 20.9. The molecule has 0 radical (unpaired) electrons. The number of nitrogens with zero attached hydrogens (tertiary/aromatic N) is 1. The fourth-order valence-electron chi connectivity index (χ4n) is 3.37. The van der Waals surface area contributed by atoms with Crippen molar-refractivity contribution in [3.8, 4) is 0 Å². The van der Waals surface area contributed by atoms with Crippen molar-refractivity contribution in [2.45, 2.75) is 32.5 Å². The lowest BCUT2D eigenvalue weighted by Gasteiger charge is -2.34. The van der Waals surface area contributed by atoms with E-state index in [2.05, 4.69) is 10.3 Å². The molecule has 152 valence electrons. The SMILES string of the molecule is C[C@@H]1CN(S(=O)(=O)CCNC(=O)Cc2cc3ccccc3[nH]c2=O)C[C@@H](C)O1. The predicted molar refractivity (Wildman–Crippen MR) is 107 cm³/mol. The lowest BCUT2D eigenvalue weighted by molar-refractivity contribution is -0.120. The summed E-state index contributed by atoms with van der Waals surface area (Å²) in [7, 11) is -3.48. The summed E-state index contributed by atoms with van der Waals surface area (Å²) in [4.78, 5) is 27.0. The molecule has 0 spiro atoms. The van der Waals surface area contributed by atoms with Crippen LogP contribution < -0.4 is 10.9 Å². The van der Waals surface area contributed by atoms with E-state index in [0.29, 0.717) is 24.2 Å². The summed E-state index contributed by atoms with van der Waals surface area (Å²) < 4.78 is 31.9. The van der Waals surface area contributed by atoms with Crippen molar-refractivity contribution in [2.75, 3.05) is 25.4 Å². The lowest BCUT2D eigenvalue weighted by atomic mass is 10.1. The molecular formula is C19H25N3O5S. The molecule has 0 saturated carbocycles. The Morgan fingerprint density at radius 2 is 1.93 bits per heavy atom. The number of nitrogens with one attached hydrogen (secondary N) is 2. The van der Waals surface area contributed by atoms with E-state index in [1.165, 1.54) is 4.31 Å². The van der Waals surface area contributed by atoms with Crippen molar-refractivity contribution in [1.82, 2.24) is 14.6 Å². The third-order valence-corrected chi connectivity index (χ3v) is 6.45. The van der Waals surface area contributed by atoms with Crippen molar-refractivity contribution < 1.29 is 17.9 Å². The molecule has 2 aromatic rings. The molecular weight excluding hydrogens is 382 g/mol. The minimum atomic E-state index is -3.48. The van der Waals surface area contributed by atoms with Crippen LogP contribution in [0.4, 0.5) is 0 Å². The number of sulfonamides is 1. The van der Waals surface area contributed by atoms with Crippen molar-refractivity contribution in [2.24, 2.45) is 0 Å². The largest absolute Gasteiger partial charge is 0.373 e. The number of amides is 1. The number of para-hydroxylation sites is 1. The van der Waals surface area contributed by atoms with Crippen molar-refractivity contribution in [3.63, 3.8) is 0 Å². The van der Waals surface area contributed by atoms with Crippen molar-refractivity contribution in [1.29, 1.82) is 0 Å². The zero-order chi connectivity index (χ0) is 20.3. The van der Waals surface area contributed by atoms with Gasteiger partial charge in [0.2, 0.25) is 15.9 Å². The number of hydrogen-bond acceptors (Lipinski definition) is 5. The standard InChI is InChI=1S/C19H25N3O5S/c1-13-11-22(12-14(2)27-13)28(25,26)8-7-20-18(23)10-16-9-15-5-3-4-6-17(15)21-19(16)24/h3-6,9,13-14H,7-8,10-12H2,1-2H3,(H,20,23)(H,21,24)/t13-,14-/m1/s1. The number of hydrogen-bond donors (Lipinski definition) is 2. The van der Waals surface area contributed by atoms with Gasteiger partial charge in [-0.1, -0.05) is 18.2 Å². The molecule has 1 amide bonds. The Kier molecular flexibility index (Phi) is 6.17. The molecule has 1 saturated heterocycles. The molecule has 28 heavy (non-hydrogen) atoms. The van der Waals surface area contributed by atoms with Crippen LogP contribution in [0.25, 0.3) is 10.9 Å². The van der Waals surface area contributed by atoms with Gasteiger partial charge in [-0.15, -0.1) is 0 Å². The minimum Gasteiger partial charge on any atom is -0.373 e. The molecule has 0 aliphatic carbocycles. The van der Waals surface area contributed by atoms with Gasteiger partial charge in [0.25, 0.3) is 5.56 Å². The highest BCUT2D eigenvalue weighted by Gasteiger charge is 2.30. The van der Waals surface area contributed by atoms with Gasteiger partial charge in [0.15, 0.2) is 0 Å². The summed E-state index contributed by atoms with van der Waals surface area (Å²) >= 11 is 0. The van der Waals surface area contributed by atoms with Crippen molar-refractivity contribution >= 4 is 26.8 Å². The number of benzene rings is 1. The fraction of sp³-hybridized carbons (Fsp3) is 0.474. The molecule has 2 heterocycles. The molecule has 0 unspecified atom stereocenters. The highest BCUT2D eigenvalue weighted by molar-refractivity contribution is 7.89. The number of rotatable bonds is 6. The second kappa shape index (κ2) is 8.42. The van der Waals surface area contributed by atoms with Crippen LogP contribution in [0.3, 0.4) is 0 Å². The van der Waals surface area contributed by atoms with Crippen LogP contribution in [-0.2, 0) is 26.0 Å². The third kappa shape index (κ3) is 4.98. The van der Waals surface area contributed by atoms with E-state index in [9.17, 15) is 18.0 Å². The molecule has 3 rings (SSSR count). The zero-order valence-electron chi connectivity index (χ0n) is 16.0. The average Bonchev–Trinajstić information content (AvgIpc) is 2.61. The van der Waals surface area contributed by atoms with Gasteiger partial charge in [0.1, 0.15) is 0 Å². The maximum atomic E-state index is 12.5. The highest BCUT2D eigenvalue weighted by Crippen LogP contribution is 2.14. The van der Waals surface area contributed by atoms with Gasteiger partial charge in [-0.05, 0) is 31.4 Å². The first-order chi connectivity index (χ1) is 13.2. The first kappa shape index (κ1) is 20.5. The minimum absolute atomic E-state index is 0.00717. The Morgan fingerprint density at radius 3 is 2.64 bits per heavy atom. The molecule has 1 aliphatic rings. The molecule has 0 bridgehead atoms. The maximum Gasteiger partial charge on any atom is 0.252 e. The highest BCUT2D eigenvalue weighted by atomic mass is 32.2. The molecule has 8 nitrogen and oxygen atoms in total. The van der Waals surface area contributed by atoms with E-state index in [-0.39, 0.29) is 42.4 Å². The number of carbonyl (C=O) groups is 1. The van der Waals surface area contributed by atoms with Gasteiger partial charge in [-0.25, -0.2) is 8.42 Å². The molecule has 9 heteroatoms. The number of morpholine rings is 1. The summed E-state index contributed by atoms with van der Waals surface area (Å²) in [5.74, 6) is -0.577. The molecule has 1 aromatic heterocycles. The summed E-state index contributed by atoms with van der Waals surface area (Å²) in [6, 6.07) is 8.99. The number of ether oxygens (including phenoxy) is 1. The molecule has 1 aliphatic heterocycles. The smallest absolute Gasteiger partial charge is 0.252 e. The zero-order valence-corrected chi connectivity index (χ0v) is 16.8. The number of carbonyl (C=O) groups excluding carboxylic acids is 1. The van der Waals surface area contributed by atoms with Crippen LogP contribution in [0.1, 0.15) is 19.4 Å². The van der Waals surface area contributed by atoms with E-state index < -0.39 is 10.0 Å². The number of H-pyrrole nitrogens is 1. The average molecular weight is 407 g/mol. The third-order valence-electron chi connectivity index (χ3n) is 4.64. The Morgan fingerprint density at radius 1 is 1.25 bits per heavy atom. The van der Waals surface area contributed by atoms with Crippen LogP contribution in [0.15, 0.2) is 35.1 Å². The fourth-order valence-corrected chi connectivity index (χ4v) is 4.86. The Bertz CT molecular complexity index is 1010. The van der Waals surface area contributed by atoms with Crippen molar-refractivity contribution in [3.05, 3.63) is 46.2 Å². The predicted octanol–water partition coefficient (Wildman–Crippen LogP) is 0.626. The first-order valence-corrected chi connectivity index (χ1v) is 10.9. The topological polar surface area (TPSA) is 109 Å². The van der Waals surface area contributed by atoms with E-state index in [1.807, 2.05) is 32.0 Å². The van der Waals surface area contributed by atoms with Gasteiger partial charge >= 0.3 is 0 Å². The molecule has 1 fully saturated rings. The van der Waals surface area contributed by atoms with Gasteiger partial charge in [-0.3, -0.25) is 9.59 Å². The monoisotopic (exact) mass is 407 g/mol. The second-order valence-corrected chi connectivity index (χ2v) is 9.22.